The predicted molar refractivity (Wildman–Crippen MR) is 173 cm³/mol. The number of methoxy groups -OCH3 is 1. The molecule has 0 atom stereocenters. The van der Waals surface area contributed by atoms with E-state index in [0.717, 1.165) is 0 Å². The molecule has 258 valence electrons. The van der Waals surface area contributed by atoms with Gasteiger partial charge in [-0.2, -0.15) is 0 Å². The van der Waals surface area contributed by atoms with Crippen LogP contribution in [0.25, 0.3) is 11.3 Å². The largest absolute Gasteiger partial charge is 0.573 e. The Bertz CT molecular complexity index is 1700. The zero-order valence-electron chi connectivity index (χ0n) is 26.2. The zero-order chi connectivity index (χ0) is 35.2. The minimum Gasteiger partial charge on any atom is -0.497 e. The molecule has 49 heavy (non-hydrogen) atoms. The number of aromatic nitrogens is 2. The monoisotopic (exact) mass is 683 g/mol. The molecule has 5 N–H and O–H groups in total. The van der Waals surface area contributed by atoms with Gasteiger partial charge in [-0.05, 0) is 48.5 Å². The summed E-state index contributed by atoms with van der Waals surface area (Å²) in [6.07, 6.45) is -3.45. The van der Waals surface area contributed by atoms with Crippen molar-refractivity contribution in [3.8, 4) is 22.8 Å². The smallest absolute Gasteiger partial charge is 0.497 e. The summed E-state index contributed by atoms with van der Waals surface area (Å²) in [7, 11) is -0.354. The van der Waals surface area contributed by atoms with Gasteiger partial charge in [0.25, 0.3) is 11.8 Å². The molecule has 0 bridgehead atoms. The summed E-state index contributed by atoms with van der Waals surface area (Å²) in [4.78, 5) is 33.4. The van der Waals surface area contributed by atoms with E-state index in [2.05, 4.69) is 30.7 Å². The van der Waals surface area contributed by atoms with Gasteiger partial charge in [-0.1, -0.05) is 18.2 Å². The number of anilines is 2. The summed E-state index contributed by atoms with van der Waals surface area (Å²) in [5.41, 5.74) is 2.49. The number of ether oxygens (including phenoxy) is 4. The van der Waals surface area contributed by atoms with Crippen molar-refractivity contribution < 1.29 is 51.8 Å². The fourth-order valence-electron chi connectivity index (χ4n) is 4.36. The molecule has 4 aromatic rings. The Morgan fingerprint density at radius 3 is 2.08 bits per heavy atom. The second-order valence-corrected chi connectivity index (χ2v) is 10.1. The molecule has 0 spiro atoms. The average molecular weight is 683 g/mol. The molecule has 1 heterocycles. The maximum atomic E-state index is 12.7. The Hall–Kier alpha value is -5.23. The van der Waals surface area contributed by atoms with Gasteiger partial charge in [-0.3, -0.25) is 9.59 Å². The van der Waals surface area contributed by atoms with E-state index in [-0.39, 0.29) is 68.3 Å². The SMILES string of the molecule is COc1cc(C(=O)NCCOCCOCCNC(=O)c2cccc(-c3cc(Nc4ccc(OC(F)(F)F)cc4)ncn3)c2)ccc1B(O)O. The molecule has 2 amide bonds. The predicted octanol–water partition coefficient (Wildman–Crippen LogP) is 2.67. The third kappa shape index (κ3) is 11.8. The average Bonchev–Trinajstić information content (AvgIpc) is 3.09. The molecule has 4 rings (SSSR count). The minimum absolute atomic E-state index is 0.150. The third-order valence-electron chi connectivity index (χ3n) is 6.66. The minimum atomic E-state index is -4.78. The van der Waals surface area contributed by atoms with Crippen molar-refractivity contribution in [3.05, 3.63) is 90.3 Å². The standard InChI is InChI=1S/C32H33BF3N5O8/c1-46-28-18-23(5-10-26(28)33(44)45)31(43)38-12-14-48-16-15-47-13-11-37-30(42)22-4-2-3-21(17-22)27-19-29(40-20-39-27)41-24-6-8-25(9-7-24)49-32(34,35)36/h2-10,17-20,44-45H,11-16H2,1H3,(H,37,42)(H,38,43)(H,39,40,41). The number of carbonyl (C=O) groups is 2. The van der Waals surface area contributed by atoms with Crippen molar-refractivity contribution in [1.29, 1.82) is 0 Å². The van der Waals surface area contributed by atoms with Crippen LogP contribution in [0, 0.1) is 0 Å². The lowest BCUT2D eigenvalue weighted by atomic mass is 9.79. The van der Waals surface area contributed by atoms with Gasteiger partial charge in [0, 0.05) is 47.0 Å². The summed E-state index contributed by atoms with van der Waals surface area (Å²) in [6.45, 7) is 1.53. The van der Waals surface area contributed by atoms with Gasteiger partial charge in [0.15, 0.2) is 0 Å². The van der Waals surface area contributed by atoms with Gasteiger partial charge >= 0.3 is 13.5 Å². The van der Waals surface area contributed by atoms with E-state index in [4.69, 9.17) is 14.2 Å². The van der Waals surface area contributed by atoms with Crippen LogP contribution in [0.2, 0.25) is 0 Å². The van der Waals surface area contributed by atoms with Gasteiger partial charge in [0.05, 0.1) is 39.2 Å². The molecule has 0 unspecified atom stereocenters. The second kappa shape index (κ2) is 17.8. The number of amides is 2. The topological polar surface area (TPSA) is 173 Å². The van der Waals surface area contributed by atoms with E-state index < -0.39 is 13.5 Å². The van der Waals surface area contributed by atoms with Gasteiger partial charge in [-0.25, -0.2) is 9.97 Å². The summed E-state index contributed by atoms with van der Waals surface area (Å²) < 4.78 is 57.1. The molecule has 0 fully saturated rings. The number of nitrogens with zero attached hydrogens (tertiary/aromatic N) is 2. The fraction of sp³-hybridized carbons (Fsp3) is 0.250. The van der Waals surface area contributed by atoms with Crippen LogP contribution in [0.4, 0.5) is 24.7 Å². The second-order valence-electron chi connectivity index (χ2n) is 10.1. The van der Waals surface area contributed by atoms with Crippen molar-refractivity contribution in [2.45, 2.75) is 6.36 Å². The first kappa shape index (κ1) is 36.6. The third-order valence-corrected chi connectivity index (χ3v) is 6.66. The first-order valence-electron chi connectivity index (χ1n) is 14.8. The van der Waals surface area contributed by atoms with Crippen molar-refractivity contribution in [2.24, 2.45) is 0 Å². The Balaban J connectivity index is 1.13. The Kier molecular flexibility index (Phi) is 13.3. The summed E-state index contributed by atoms with van der Waals surface area (Å²) in [5.74, 6) is -0.456. The van der Waals surface area contributed by atoms with Crippen molar-refractivity contribution in [3.63, 3.8) is 0 Å². The normalized spacial score (nSPS) is 11.1. The lowest BCUT2D eigenvalue weighted by Gasteiger charge is -2.11. The molecule has 3 aromatic carbocycles. The molecular weight excluding hydrogens is 650 g/mol. The molecule has 0 radical (unpaired) electrons. The number of alkyl halides is 3. The van der Waals surface area contributed by atoms with E-state index in [1.807, 2.05) is 0 Å². The van der Waals surface area contributed by atoms with Gasteiger partial charge in [0.2, 0.25) is 0 Å². The highest BCUT2D eigenvalue weighted by molar-refractivity contribution is 6.59. The number of nitrogens with one attached hydrogen (secondary N) is 3. The zero-order valence-corrected chi connectivity index (χ0v) is 26.2. The molecule has 0 aliphatic rings. The maximum Gasteiger partial charge on any atom is 0.573 e. The fourth-order valence-corrected chi connectivity index (χ4v) is 4.36. The van der Waals surface area contributed by atoms with Gasteiger partial charge in [-0.15, -0.1) is 13.2 Å². The lowest BCUT2D eigenvalue weighted by molar-refractivity contribution is -0.274. The quantitative estimate of drug-likeness (QED) is 0.0819. The molecule has 0 aliphatic heterocycles. The Morgan fingerprint density at radius 2 is 1.47 bits per heavy atom. The van der Waals surface area contributed by atoms with Crippen molar-refractivity contribution in [1.82, 2.24) is 20.6 Å². The van der Waals surface area contributed by atoms with Crippen LogP contribution in [-0.4, -0.2) is 91.9 Å². The molecule has 0 saturated carbocycles. The van der Waals surface area contributed by atoms with Crippen LogP contribution >= 0.6 is 0 Å². The summed E-state index contributed by atoms with van der Waals surface area (Å²) >= 11 is 0. The molecular formula is C32H33BF3N5O8. The highest BCUT2D eigenvalue weighted by Crippen LogP contribution is 2.26. The van der Waals surface area contributed by atoms with E-state index in [0.29, 0.717) is 33.9 Å². The van der Waals surface area contributed by atoms with Gasteiger partial charge < -0.3 is 44.9 Å². The maximum absolute atomic E-state index is 12.7. The van der Waals surface area contributed by atoms with Gasteiger partial charge in [0.1, 0.15) is 23.6 Å². The van der Waals surface area contributed by atoms with Crippen LogP contribution in [0.1, 0.15) is 20.7 Å². The van der Waals surface area contributed by atoms with Crippen LogP contribution in [0.5, 0.6) is 11.5 Å². The van der Waals surface area contributed by atoms with Crippen LogP contribution < -0.4 is 30.9 Å². The molecule has 13 nitrogen and oxygen atoms in total. The molecule has 0 saturated heterocycles. The number of rotatable bonds is 17. The van der Waals surface area contributed by atoms with Crippen LogP contribution in [0.3, 0.4) is 0 Å². The molecule has 0 aliphatic carbocycles. The van der Waals surface area contributed by atoms with E-state index in [1.54, 1.807) is 30.3 Å². The number of hydrogen-bond donors (Lipinski definition) is 5. The van der Waals surface area contributed by atoms with Crippen molar-refractivity contribution in [2.75, 3.05) is 51.9 Å². The molecule has 1 aromatic heterocycles. The number of carbonyl (C=O) groups excluding carboxylic acids is 2. The first-order chi connectivity index (χ1) is 23.5. The summed E-state index contributed by atoms with van der Waals surface area (Å²) in [5, 5.41) is 27.2. The highest BCUT2D eigenvalue weighted by Gasteiger charge is 2.31. The van der Waals surface area contributed by atoms with Crippen LogP contribution in [0.15, 0.2) is 79.1 Å². The molecule has 17 heteroatoms. The highest BCUT2D eigenvalue weighted by atomic mass is 19.4. The number of benzene rings is 3. The van der Waals surface area contributed by atoms with E-state index in [1.165, 1.54) is 55.9 Å². The van der Waals surface area contributed by atoms with Crippen molar-refractivity contribution >= 4 is 35.9 Å². The summed E-state index contributed by atoms with van der Waals surface area (Å²) in [6, 6.07) is 17.9. The number of halogens is 3. The Morgan fingerprint density at radius 1 is 0.816 bits per heavy atom. The Labute approximate surface area is 279 Å². The number of hydrogen-bond acceptors (Lipinski definition) is 11. The van der Waals surface area contributed by atoms with Crippen LogP contribution in [-0.2, 0) is 9.47 Å². The lowest BCUT2D eigenvalue weighted by Crippen LogP contribution is -2.32. The van der Waals surface area contributed by atoms with E-state index in [9.17, 15) is 32.8 Å². The van der Waals surface area contributed by atoms with E-state index >= 15 is 0 Å². The first-order valence-corrected chi connectivity index (χ1v) is 14.8.